The van der Waals surface area contributed by atoms with E-state index in [1.165, 1.54) is 0 Å². The van der Waals surface area contributed by atoms with Gasteiger partial charge in [-0.2, -0.15) is 0 Å². The van der Waals surface area contributed by atoms with Crippen molar-refractivity contribution in [3.63, 3.8) is 0 Å². The largest absolute Gasteiger partial charge is 0.438 e. The van der Waals surface area contributed by atoms with Crippen LogP contribution < -0.4 is 9.47 Å². The highest BCUT2D eigenvalue weighted by molar-refractivity contribution is 6.14. The van der Waals surface area contributed by atoms with E-state index in [0.29, 0.717) is 11.8 Å². The Balaban J connectivity index is 2.00. The van der Waals surface area contributed by atoms with Gasteiger partial charge in [0.25, 0.3) is 0 Å². The monoisotopic (exact) mass is 290 g/mol. The minimum absolute atomic E-state index is 0.591. The van der Waals surface area contributed by atoms with Crippen LogP contribution in [-0.4, -0.2) is 11.8 Å². The van der Waals surface area contributed by atoms with Crippen LogP contribution in [0.3, 0.4) is 0 Å². The molecule has 0 amide bonds. The molecule has 4 rings (SSSR count). The van der Waals surface area contributed by atoms with E-state index in [1.807, 2.05) is 62.4 Å². The van der Waals surface area contributed by atoms with Crippen LogP contribution in [0.1, 0.15) is 13.8 Å². The first-order chi connectivity index (χ1) is 10.8. The fourth-order valence-corrected chi connectivity index (χ4v) is 2.69. The van der Waals surface area contributed by atoms with Crippen molar-refractivity contribution in [3.8, 4) is 11.5 Å². The summed E-state index contributed by atoms with van der Waals surface area (Å²) in [6.45, 7) is 3.87. The van der Waals surface area contributed by atoms with Crippen LogP contribution in [0.15, 0.2) is 58.6 Å². The molecule has 0 N–H and O–H groups in total. The zero-order valence-corrected chi connectivity index (χ0v) is 12.3. The summed E-state index contributed by atoms with van der Waals surface area (Å²) < 4.78 is 11.7. The van der Waals surface area contributed by atoms with E-state index in [2.05, 4.69) is 9.98 Å². The SMILES string of the molecule is C/C=C/C1=Nc2ccc3c4c(ccc(c24)O1)N=C(/C=C/C)O3. The van der Waals surface area contributed by atoms with Crippen LogP contribution in [0.5, 0.6) is 11.5 Å². The maximum atomic E-state index is 5.84. The molecule has 0 aliphatic carbocycles. The van der Waals surface area contributed by atoms with Gasteiger partial charge < -0.3 is 9.47 Å². The third kappa shape index (κ3) is 1.84. The first-order valence-electron chi connectivity index (χ1n) is 7.18. The summed E-state index contributed by atoms with van der Waals surface area (Å²) in [5.74, 6) is 2.75. The molecule has 0 saturated heterocycles. The predicted molar refractivity (Wildman–Crippen MR) is 89.0 cm³/mol. The molecule has 2 aromatic carbocycles. The van der Waals surface area contributed by atoms with E-state index < -0.39 is 0 Å². The van der Waals surface area contributed by atoms with Gasteiger partial charge >= 0.3 is 0 Å². The number of aliphatic imine (C=N–C) groups is 2. The van der Waals surface area contributed by atoms with Gasteiger partial charge in [-0.15, -0.1) is 0 Å². The third-order valence-electron chi connectivity index (χ3n) is 3.55. The molecule has 0 bridgehead atoms. The Morgan fingerprint density at radius 3 is 1.59 bits per heavy atom. The summed E-state index contributed by atoms with van der Waals surface area (Å²) in [6, 6.07) is 7.78. The van der Waals surface area contributed by atoms with Crippen LogP contribution in [0.2, 0.25) is 0 Å². The van der Waals surface area contributed by atoms with Crippen molar-refractivity contribution in [2.24, 2.45) is 9.98 Å². The van der Waals surface area contributed by atoms with Crippen LogP contribution >= 0.6 is 0 Å². The maximum Gasteiger partial charge on any atom is 0.219 e. The van der Waals surface area contributed by atoms with E-state index in [1.54, 1.807) is 0 Å². The molecule has 0 atom stereocenters. The Morgan fingerprint density at radius 1 is 0.727 bits per heavy atom. The van der Waals surface area contributed by atoms with Gasteiger partial charge in [-0.05, 0) is 50.3 Å². The van der Waals surface area contributed by atoms with Gasteiger partial charge in [0.05, 0.1) is 22.1 Å². The predicted octanol–water partition coefficient (Wildman–Crippen LogP) is 4.84. The molecule has 0 aromatic heterocycles. The Morgan fingerprint density at radius 2 is 1.18 bits per heavy atom. The minimum atomic E-state index is 0.591. The molecule has 22 heavy (non-hydrogen) atoms. The van der Waals surface area contributed by atoms with Crippen molar-refractivity contribution in [3.05, 3.63) is 48.6 Å². The number of nitrogens with zero attached hydrogens (tertiary/aromatic N) is 2. The van der Waals surface area contributed by atoms with Crippen LogP contribution in [0, 0.1) is 0 Å². The molecular weight excluding hydrogens is 276 g/mol. The molecule has 0 spiro atoms. The fourth-order valence-electron chi connectivity index (χ4n) is 2.69. The normalized spacial score (nSPS) is 15.7. The van der Waals surface area contributed by atoms with Crippen molar-refractivity contribution < 1.29 is 9.47 Å². The molecule has 2 aliphatic rings. The van der Waals surface area contributed by atoms with Crippen LogP contribution in [0.25, 0.3) is 10.8 Å². The lowest BCUT2D eigenvalue weighted by molar-refractivity contribution is 0.549. The number of benzene rings is 2. The standard InChI is InChI=1S/C18H14N2O2/c1-3-5-15-19-11-7-10-14-18-12(20-16(22-14)6-4-2)8-9-13(21-15)17(11)18/h3-10H,1-2H3/b5-3+,6-4+. The highest BCUT2D eigenvalue weighted by Crippen LogP contribution is 2.47. The van der Waals surface area contributed by atoms with Gasteiger partial charge in [0.15, 0.2) is 0 Å². The van der Waals surface area contributed by atoms with Gasteiger partial charge in [0, 0.05) is 0 Å². The first kappa shape index (κ1) is 12.8. The average molecular weight is 290 g/mol. The quantitative estimate of drug-likeness (QED) is 0.794. The molecule has 2 aliphatic heterocycles. The molecule has 0 unspecified atom stereocenters. The maximum absolute atomic E-state index is 5.84. The molecule has 108 valence electrons. The topological polar surface area (TPSA) is 43.2 Å². The van der Waals surface area contributed by atoms with Crippen LogP contribution in [-0.2, 0) is 0 Å². The zero-order chi connectivity index (χ0) is 15.1. The number of hydrogen-bond donors (Lipinski definition) is 0. The van der Waals surface area contributed by atoms with Gasteiger partial charge in [-0.3, -0.25) is 0 Å². The lowest BCUT2D eigenvalue weighted by Gasteiger charge is -2.21. The molecular formula is C18H14N2O2. The van der Waals surface area contributed by atoms with E-state index in [0.717, 1.165) is 33.6 Å². The van der Waals surface area contributed by atoms with E-state index in [4.69, 9.17) is 9.47 Å². The van der Waals surface area contributed by atoms with Crippen molar-refractivity contribution in [1.29, 1.82) is 0 Å². The summed E-state index contributed by atoms with van der Waals surface area (Å²) in [6.07, 6.45) is 7.51. The molecule has 4 nitrogen and oxygen atoms in total. The molecule has 0 saturated carbocycles. The Labute approximate surface area is 128 Å². The summed E-state index contributed by atoms with van der Waals surface area (Å²) >= 11 is 0. The van der Waals surface area contributed by atoms with Gasteiger partial charge in [0.1, 0.15) is 11.5 Å². The lowest BCUT2D eigenvalue weighted by Crippen LogP contribution is -2.11. The minimum Gasteiger partial charge on any atom is -0.438 e. The lowest BCUT2D eigenvalue weighted by atomic mass is 10.0. The average Bonchev–Trinajstić information content (AvgIpc) is 2.53. The van der Waals surface area contributed by atoms with Gasteiger partial charge in [-0.25, -0.2) is 9.98 Å². The number of hydrogen-bond acceptors (Lipinski definition) is 4. The summed E-state index contributed by atoms with van der Waals surface area (Å²) in [5.41, 5.74) is 1.76. The summed E-state index contributed by atoms with van der Waals surface area (Å²) in [7, 11) is 0. The van der Waals surface area contributed by atoms with E-state index >= 15 is 0 Å². The Hall–Kier alpha value is -2.88. The van der Waals surface area contributed by atoms with E-state index in [9.17, 15) is 0 Å². The Bertz CT molecular complexity index is 830. The molecule has 2 aromatic rings. The summed E-state index contributed by atoms with van der Waals surface area (Å²) in [5, 5.41) is 1.90. The van der Waals surface area contributed by atoms with Crippen molar-refractivity contribution in [1.82, 2.24) is 0 Å². The van der Waals surface area contributed by atoms with Crippen LogP contribution in [0.4, 0.5) is 11.4 Å². The van der Waals surface area contributed by atoms with Gasteiger partial charge in [-0.1, -0.05) is 12.2 Å². The fraction of sp³-hybridized carbons (Fsp3) is 0.111. The molecule has 4 heteroatoms. The number of rotatable bonds is 2. The number of ether oxygens (including phenoxy) is 2. The molecule has 2 heterocycles. The first-order valence-corrected chi connectivity index (χ1v) is 7.18. The Kier molecular flexibility index (Phi) is 2.82. The highest BCUT2D eigenvalue weighted by atomic mass is 16.5. The zero-order valence-electron chi connectivity index (χ0n) is 12.3. The van der Waals surface area contributed by atoms with Crippen molar-refractivity contribution in [2.45, 2.75) is 13.8 Å². The third-order valence-corrected chi connectivity index (χ3v) is 3.55. The van der Waals surface area contributed by atoms with E-state index in [-0.39, 0.29) is 0 Å². The highest BCUT2D eigenvalue weighted by Gasteiger charge is 2.23. The summed E-state index contributed by atoms with van der Waals surface area (Å²) in [4.78, 5) is 9.08. The second kappa shape index (κ2) is 4.84. The number of allylic oxidation sites excluding steroid dienone is 2. The second-order valence-electron chi connectivity index (χ2n) is 5.02. The molecule has 0 radical (unpaired) electrons. The van der Waals surface area contributed by atoms with Crippen molar-refractivity contribution in [2.75, 3.05) is 0 Å². The smallest absolute Gasteiger partial charge is 0.219 e. The van der Waals surface area contributed by atoms with Crippen molar-refractivity contribution >= 4 is 33.9 Å². The second-order valence-corrected chi connectivity index (χ2v) is 5.02. The van der Waals surface area contributed by atoms with Gasteiger partial charge in [0.2, 0.25) is 11.8 Å². The molecule has 0 fully saturated rings.